The topological polar surface area (TPSA) is 99.4 Å². The highest BCUT2D eigenvalue weighted by atomic mass is 17.2. The van der Waals surface area contributed by atoms with Crippen molar-refractivity contribution >= 4 is 0 Å². The first-order valence-corrected chi connectivity index (χ1v) is 6.55. The SMILES string of the molecule is OC1CC(O)(COOCc2ccccc2)CC(O)C1O. The summed E-state index contributed by atoms with van der Waals surface area (Å²) in [7, 11) is 0. The zero-order chi connectivity index (χ0) is 14.6. The Morgan fingerprint density at radius 2 is 1.60 bits per heavy atom. The van der Waals surface area contributed by atoms with Crippen molar-refractivity contribution in [2.24, 2.45) is 0 Å². The normalized spacial score (nSPS) is 34.1. The van der Waals surface area contributed by atoms with Crippen LogP contribution in [0.5, 0.6) is 0 Å². The van der Waals surface area contributed by atoms with Gasteiger partial charge in [-0.15, -0.1) is 0 Å². The maximum Gasteiger partial charge on any atom is 0.111 e. The van der Waals surface area contributed by atoms with Crippen LogP contribution in [0.2, 0.25) is 0 Å². The van der Waals surface area contributed by atoms with Crippen LogP contribution in [0.1, 0.15) is 18.4 Å². The quantitative estimate of drug-likeness (QED) is 0.338. The van der Waals surface area contributed by atoms with Gasteiger partial charge in [0.15, 0.2) is 0 Å². The van der Waals surface area contributed by atoms with Crippen molar-refractivity contribution in [3.05, 3.63) is 35.9 Å². The Balaban J connectivity index is 1.76. The third-order valence-electron chi connectivity index (χ3n) is 3.45. The molecule has 2 unspecified atom stereocenters. The summed E-state index contributed by atoms with van der Waals surface area (Å²) in [6.45, 7) is 0.0608. The van der Waals surface area contributed by atoms with Crippen molar-refractivity contribution in [2.45, 2.75) is 43.4 Å². The lowest BCUT2D eigenvalue weighted by molar-refractivity contribution is -0.332. The van der Waals surface area contributed by atoms with E-state index < -0.39 is 23.9 Å². The minimum atomic E-state index is -1.41. The van der Waals surface area contributed by atoms with Gasteiger partial charge in [-0.2, -0.15) is 0 Å². The van der Waals surface area contributed by atoms with Gasteiger partial charge in [0.25, 0.3) is 0 Å². The van der Waals surface area contributed by atoms with E-state index in [1.165, 1.54) is 0 Å². The van der Waals surface area contributed by atoms with Crippen LogP contribution < -0.4 is 0 Å². The van der Waals surface area contributed by atoms with Crippen LogP contribution in [0.4, 0.5) is 0 Å². The molecule has 112 valence electrons. The van der Waals surface area contributed by atoms with E-state index in [-0.39, 0.29) is 26.1 Å². The Labute approximate surface area is 117 Å². The molecular weight excluding hydrogens is 264 g/mol. The molecule has 1 aromatic rings. The van der Waals surface area contributed by atoms with Gasteiger partial charge in [0, 0.05) is 12.8 Å². The Morgan fingerprint density at radius 3 is 2.20 bits per heavy atom. The van der Waals surface area contributed by atoms with Crippen molar-refractivity contribution in [3.8, 4) is 0 Å². The fourth-order valence-electron chi connectivity index (χ4n) is 2.31. The summed E-state index contributed by atoms with van der Waals surface area (Å²) in [6, 6.07) is 9.40. The molecule has 1 aromatic carbocycles. The Morgan fingerprint density at radius 1 is 1.00 bits per heavy atom. The van der Waals surface area contributed by atoms with E-state index in [2.05, 4.69) is 0 Å². The number of aliphatic hydroxyl groups excluding tert-OH is 3. The molecule has 4 N–H and O–H groups in total. The van der Waals surface area contributed by atoms with Crippen LogP contribution in [-0.4, -0.2) is 50.9 Å². The smallest absolute Gasteiger partial charge is 0.111 e. The van der Waals surface area contributed by atoms with E-state index in [0.717, 1.165) is 5.56 Å². The van der Waals surface area contributed by atoms with E-state index in [0.29, 0.717) is 0 Å². The number of aliphatic hydroxyl groups is 4. The first kappa shape index (κ1) is 15.4. The van der Waals surface area contributed by atoms with Crippen LogP contribution in [0.15, 0.2) is 30.3 Å². The van der Waals surface area contributed by atoms with Gasteiger partial charge in [-0.1, -0.05) is 30.3 Å². The molecule has 0 bridgehead atoms. The number of hydrogen-bond acceptors (Lipinski definition) is 6. The molecule has 0 aromatic heterocycles. The molecule has 2 rings (SSSR count). The number of benzene rings is 1. The summed E-state index contributed by atoms with van der Waals surface area (Å²) in [5.41, 5.74) is -0.479. The molecule has 0 aliphatic heterocycles. The molecule has 1 aliphatic rings. The summed E-state index contributed by atoms with van der Waals surface area (Å²) in [6.07, 6.45) is -3.73. The van der Waals surface area contributed by atoms with Crippen molar-refractivity contribution in [1.29, 1.82) is 0 Å². The van der Waals surface area contributed by atoms with Crippen LogP contribution in [0.25, 0.3) is 0 Å². The maximum atomic E-state index is 10.2. The summed E-state index contributed by atoms with van der Waals surface area (Å²) < 4.78 is 0. The van der Waals surface area contributed by atoms with Crippen molar-refractivity contribution in [3.63, 3.8) is 0 Å². The Kier molecular flexibility index (Phi) is 5.09. The average molecular weight is 284 g/mol. The summed E-state index contributed by atoms with van der Waals surface area (Å²) in [5, 5.41) is 38.7. The highest BCUT2D eigenvalue weighted by Crippen LogP contribution is 2.29. The summed E-state index contributed by atoms with van der Waals surface area (Å²) in [5.74, 6) is 0. The lowest BCUT2D eigenvalue weighted by atomic mass is 9.80. The predicted molar refractivity (Wildman–Crippen MR) is 69.4 cm³/mol. The molecule has 20 heavy (non-hydrogen) atoms. The zero-order valence-electron chi connectivity index (χ0n) is 11.1. The highest BCUT2D eigenvalue weighted by Gasteiger charge is 2.44. The fourth-order valence-corrected chi connectivity index (χ4v) is 2.31. The summed E-state index contributed by atoms with van der Waals surface area (Å²) >= 11 is 0. The van der Waals surface area contributed by atoms with E-state index >= 15 is 0 Å². The largest absolute Gasteiger partial charge is 0.390 e. The molecule has 0 amide bonds. The molecule has 0 spiro atoms. The second-order valence-electron chi connectivity index (χ2n) is 5.27. The average Bonchev–Trinajstić information content (AvgIpc) is 2.42. The second-order valence-corrected chi connectivity index (χ2v) is 5.27. The van der Waals surface area contributed by atoms with Gasteiger partial charge >= 0.3 is 0 Å². The summed E-state index contributed by atoms with van der Waals surface area (Å²) in [4.78, 5) is 9.96. The molecule has 2 atom stereocenters. The molecule has 6 nitrogen and oxygen atoms in total. The molecule has 1 aliphatic carbocycles. The number of hydrogen-bond donors (Lipinski definition) is 4. The minimum Gasteiger partial charge on any atom is -0.390 e. The maximum absolute atomic E-state index is 10.2. The molecular formula is C14H20O6. The van der Waals surface area contributed by atoms with Gasteiger partial charge in [0.05, 0.1) is 17.8 Å². The van der Waals surface area contributed by atoms with Crippen LogP contribution >= 0.6 is 0 Å². The lowest BCUT2D eigenvalue weighted by Gasteiger charge is -2.39. The minimum absolute atomic E-state index is 0.0695. The molecule has 0 radical (unpaired) electrons. The second kappa shape index (κ2) is 6.62. The molecule has 6 heteroatoms. The van der Waals surface area contributed by atoms with Crippen molar-refractivity contribution in [2.75, 3.05) is 6.61 Å². The predicted octanol–water partition coefficient (Wildman–Crippen LogP) is -0.258. The van der Waals surface area contributed by atoms with Crippen LogP contribution in [0, 0.1) is 0 Å². The third kappa shape index (κ3) is 3.99. The van der Waals surface area contributed by atoms with Gasteiger partial charge in [-0.3, -0.25) is 0 Å². The zero-order valence-corrected chi connectivity index (χ0v) is 11.1. The Bertz CT molecular complexity index is 397. The third-order valence-corrected chi connectivity index (χ3v) is 3.45. The van der Waals surface area contributed by atoms with E-state index in [1.54, 1.807) is 0 Å². The monoisotopic (exact) mass is 284 g/mol. The van der Waals surface area contributed by atoms with Crippen LogP contribution in [0.3, 0.4) is 0 Å². The van der Waals surface area contributed by atoms with E-state index in [4.69, 9.17) is 9.78 Å². The number of rotatable bonds is 5. The van der Waals surface area contributed by atoms with Crippen molar-refractivity contribution in [1.82, 2.24) is 0 Å². The fraction of sp³-hybridized carbons (Fsp3) is 0.571. The molecule has 0 saturated heterocycles. The highest BCUT2D eigenvalue weighted by molar-refractivity contribution is 5.13. The Hall–Kier alpha value is -1.02. The lowest BCUT2D eigenvalue weighted by Crippen LogP contribution is -2.54. The standard InChI is InChI=1S/C14H20O6/c15-11-6-14(18,7-12(16)13(11)17)9-20-19-8-10-4-2-1-3-5-10/h1-5,11-13,15-18H,6-9H2. The van der Waals surface area contributed by atoms with Gasteiger partial charge in [-0.25, -0.2) is 9.78 Å². The van der Waals surface area contributed by atoms with E-state index in [9.17, 15) is 20.4 Å². The molecule has 0 heterocycles. The molecule has 1 fully saturated rings. The molecule has 1 saturated carbocycles. The van der Waals surface area contributed by atoms with Crippen LogP contribution in [-0.2, 0) is 16.4 Å². The van der Waals surface area contributed by atoms with Gasteiger partial charge in [0.1, 0.15) is 19.3 Å². The van der Waals surface area contributed by atoms with Crippen molar-refractivity contribution < 1.29 is 30.2 Å². The van der Waals surface area contributed by atoms with Gasteiger partial charge < -0.3 is 20.4 Å². The van der Waals surface area contributed by atoms with Gasteiger partial charge in [-0.05, 0) is 5.56 Å². The first-order chi connectivity index (χ1) is 9.50. The van der Waals surface area contributed by atoms with E-state index in [1.807, 2.05) is 30.3 Å². The first-order valence-electron chi connectivity index (χ1n) is 6.55. The van der Waals surface area contributed by atoms with Gasteiger partial charge in [0.2, 0.25) is 0 Å².